The molecule has 6 nitrogen and oxygen atoms in total. The van der Waals surface area contributed by atoms with Crippen LogP contribution in [0.2, 0.25) is 0 Å². The second-order valence-electron chi connectivity index (χ2n) is 6.71. The van der Waals surface area contributed by atoms with E-state index in [0.29, 0.717) is 12.8 Å². The number of ether oxygens (including phenoxy) is 3. The van der Waals surface area contributed by atoms with Crippen LogP contribution in [0.5, 0.6) is 5.75 Å². The van der Waals surface area contributed by atoms with Crippen LogP contribution < -0.4 is 9.64 Å². The number of rotatable bonds is 8. The standard InChI is InChI=1S/C19H25NO5/c1-5-14(21)9-20-15-6-11(2)18(25-19-12(3)24-19)8-13(15)7-16(20)17(22)10-23-4/h6,8,12,16,19H,5,7,9-10H2,1-4H3/t12?,16-,19?/m0/s1. The van der Waals surface area contributed by atoms with Gasteiger partial charge in [-0.1, -0.05) is 6.92 Å². The summed E-state index contributed by atoms with van der Waals surface area (Å²) in [6, 6.07) is 3.61. The minimum atomic E-state index is -0.365. The van der Waals surface area contributed by atoms with Gasteiger partial charge in [0, 0.05) is 25.6 Å². The number of fused-ring (bicyclic) bond motifs is 1. The van der Waals surface area contributed by atoms with Gasteiger partial charge in [-0.05, 0) is 37.1 Å². The number of nitrogens with zero attached hydrogens (tertiary/aromatic N) is 1. The predicted octanol–water partition coefficient (Wildman–Crippen LogP) is 2.04. The zero-order chi connectivity index (χ0) is 18.1. The Morgan fingerprint density at radius 1 is 1.36 bits per heavy atom. The third-order valence-electron chi connectivity index (χ3n) is 4.77. The van der Waals surface area contributed by atoms with E-state index in [1.54, 1.807) is 0 Å². The van der Waals surface area contributed by atoms with Crippen molar-refractivity contribution in [3.63, 3.8) is 0 Å². The van der Waals surface area contributed by atoms with Crippen LogP contribution in [0.3, 0.4) is 0 Å². The van der Waals surface area contributed by atoms with Gasteiger partial charge in [0.15, 0.2) is 11.6 Å². The van der Waals surface area contributed by atoms with E-state index < -0.39 is 0 Å². The van der Waals surface area contributed by atoms with Gasteiger partial charge in [-0.3, -0.25) is 9.59 Å². The Balaban J connectivity index is 1.88. The van der Waals surface area contributed by atoms with Crippen LogP contribution in [0.4, 0.5) is 5.69 Å². The molecular weight excluding hydrogens is 322 g/mol. The molecule has 0 N–H and O–H groups in total. The van der Waals surface area contributed by atoms with E-state index in [-0.39, 0.29) is 43.2 Å². The molecule has 1 aromatic rings. The molecule has 25 heavy (non-hydrogen) atoms. The minimum absolute atomic E-state index is 0.0122. The van der Waals surface area contributed by atoms with Crippen LogP contribution in [-0.2, 0) is 25.5 Å². The van der Waals surface area contributed by atoms with Crippen LogP contribution in [-0.4, -0.2) is 50.3 Å². The van der Waals surface area contributed by atoms with Gasteiger partial charge in [0.25, 0.3) is 0 Å². The second-order valence-corrected chi connectivity index (χ2v) is 6.71. The maximum atomic E-state index is 12.5. The Hall–Kier alpha value is -1.92. The molecule has 3 atom stereocenters. The van der Waals surface area contributed by atoms with Gasteiger partial charge >= 0.3 is 0 Å². The van der Waals surface area contributed by atoms with Crippen molar-refractivity contribution in [1.29, 1.82) is 0 Å². The summed E-state index contributed by atoms with van der Waals surface area (Å²) in [5.74, 6) is 0.873. The third kappa shape index (κ3) is 3.70. The molecule has 2 aliphatic heterocycles. The number of benzene rings is 1. The molecule has 2 heterocycles. The van der Waals surface area contributed by atoms with Crippen molar-refractivity contribution in [2.24, 2.45) is 0 Å². The number of epoxide rings is 1. The van der Waals surface area contributed by atoms with E-state index >= 15 is 0 Å². The molecule has 0 radical (unpaired) electrons. The lowest BCUT2D eigenvalue weighted by atomic mass is 10.1. The Morgan fingerprint density at radius 3 is 2.68 bits per heavy atom. The van der Waals surface area contributed by atoms with Gasteiger partial charge in [-0.25, -0.2) is 0 Å². The first-order chi connectivity index (χ1) is 11.9. The van der Waals surface area contributed by atoms with Crippen molar-refractivity contribution in [2.75, 3.05) is 25.2 Å². The first-order valence-electron chi connectivity index (χ1n) is 8.70. The zero-order valence-electron chi connectivity index (χ0n) is 15.2. The molecule has 0 saturated carbocycles. The van der Waals surface area contributed by atoms with Gasteiger partial charge in [-0.2, -0.15) is 0 Å². The van der Waals surface area contributed by atoms with Crippen molar-refractivity contribution >= 4 is 17.3 Å². The highest BCUT2D eigenvalue weighted by Crippen LogP contribution is 2.39. The number of methoxy groups -OCH3 is 1. The monoisotopic (exact) mass is 347 g/mol. The Kier molecular flexibility index (Phi) is 5.11. The van der Waals surface area contributed by atoms with Crippen molar-refractivity contribution in [1.82, 2.24) is 0 Å². The number of anilines is 1. The fourth-order valence-electron chi connectivity index (χ4n) is 3.20. The molecular formula is C19H25NO5. The molecule has 0 bridgehead atoms. The largest absolute Gasteiger partial charge is 0.462 e. The molecule has 136 valence electrons. The maximum Gasteiger partial charge on any atom is 0.226 e. The fraction of sp³-hybridized carbons (Fsp3) is 0.579. The lowest BCUT2D eigenvalue weighted by Crippen LogP contribution is -2.43. The van der Waals surface area contributed by atoms with Gasteiger partial charge in [0.05, 0.1) is 12.6 Å². The van der Waals surface area contributed by atoms with E-state index in [4.69, 9.17) is 14.2 Å². The lowest BCUT2D eigenvalue weighted by molar-refractivity contribution is -0.124. The molecule has 0 aromatic heterocycles. The van der Waals surface area contributed by atoms with E-state index in [2.05, 4.69) is 0 Å². The average Bonchev–Trinajstić information content (AvgIpc) is 3.16. The highest BCUT2D eigenvalue weighted by atomic mass is 16.8. The van der Waals surface area contributed by atoms with Crippen molar-refractivity contribution in [2.45, 2.75) is 52.0 Å². The van der Waals surface area contributed by atoms with Crippen LogP contribution >= 0.6 is 0 Å². The first-order valence-corrected chi connectivity index (χ1v) is 8.70. The number of hydrogen-bond acceptors (Lipinski definition) is 6. The topological polar surface area (TPSA) is 68.4 Å². The van der Waals surface area contributed by atoms with E-state index in [1.165, 1.54) is 7.11 Å². The second kappa shape index (κ2) is 7.14. The maximum absolute atomic E-state index is 12.5. The number of carbonyl (C=O) groups excluding carboxylic acids is 2. The van der Waals surface area contributed by atoms with Gasteiger partial charge < -0.3 is 19.1 Å². The SMILES string of the molecule is CCC(=O)CN1c2cc(C)c(OC3OC3C)cc2C[C@H]1C(=O)COC. The smallest absolute Gasteiger partial charge is 0.226 e. The molecule has 0 amide bonds. The number of hydrogen-bond donors (Lipinski definition) is 0. The lowest BCUT2D eigenvalue weighted by Gasteiger charge is -2.26. The average molecular weight is 347 g/mol. The van der Waals surface area contributed by atoms with Crippen molar-refractivity contribution < 1.29 is 23.8 Å². The number of aryl methyl sites for hydroxylation is 1. The summed E-state index contributed by atoms with van der Waals surface area (Å²) in [4.78, 5) is 26.4. The minimum Gasteiger partial charge on any atom is -0.462 e. The Bertz CT molecular complexity index is 687. The summed E-state index contributed by atoms with van der Waals surface area (Å²) >= 11 is 0. The quantitative estimate of drug-likeness (QED) is 0.671. The van der Waals surface area contributed by atoms with Crippen LogP contribution in [0.25, 0.3) is 0 Å². The number of Topliss-reactive ketones (excluding diaryl/α,β-unsaturated/α-hetero) is 2. The molecule has 2 aliphatic rings. The highest BCUT2D eigenvalue weighted by molar-refractivity contribution is 5.94. The van der Waals surface area contributed by atoms with Gasteiger partial charge in [0.1, 0.15) is 18.5 Å². The normalized spacial score (nSPS) is 24.2. The van der Waals surface area contributed by atoms with Crippen LogP contribution in [0.1, 0.15) is 31.4 Å². The van der Waals surface area contributed by atoms with Crippen molar-refractivity contribution in [3.05, 3.63) is 23.3 Å². The molecule has 2 unspecified atom stereocenters. The van der Waals surface area contributed by atoms with Crippen LogP contribution in [0.15, 0.2) is 12.1 Å². The molecule has 0 aliphatic carbocycles. The van der Waals surface area contributed by atoms with E-state index in [1.807, 2.05) is 37.8 Å². The summed E-state index contributed by atoms with van der Waals surface area (Å²) in [5, 5.41) is 0. The van der Waals surface area contributed by atoms with Gasteiger partial charge in [0.2, 0.25) is 6.29 Å². The molecule has 1 fully saturated rings. The van der Waals surface area contributed by atoms with Gasteiger partial charge in [-0.15, -0.1) is 0 Å². The Morgan fingerprint density at radius 2 is 2.08 bits per heavy atom. The van der Waals surface area contributed by atoms with E-state index in [0.717, 1.165) is 22.6 Å². The summed E-state index contributed by atoms with van der Waals surface area (Å²) < 4.78 is 16.2. The molecule has 1 aromatic carbocycles. The highest BCUT2D eigenvalue weighted by Gasteiger charge is 2.39. The molecule has 6 heteroatoms. The number of ketones is 2. The summed E-state index contributed by atoms with van der Waals surface area (Å²) in [7, 11) is 1.51. The fourth-order valence-corrected chi connectivity index (χ4v) is 3.20. The molecule has 1 saturated heterocycles. The third-order valence-corrected chi connectivity index (χ3v) is 4.77. The number of carbonyl (C=O) groups is 2. The van der Waals surface area contributed by atoms with Crippen LogP contribution in [0, 0.1) is 6.92 Å². The van der Waals surface area contributed by atoms with Crippen molar-refractivity contribution in [3.8, 4) is 5.75 Å². The summed E-state index contributed by atoms with van der Waals surface area (Å²) in [5.41, 5.74) is 2.92. The Labute approximate surface area is 148 Å². The zero-order valence-corrected chi connectivity index (χ0v) is 15.2. The summed E-state index contributed by atoms with van der Waals surface area (Å²) in [6.45, 7) is 6.05. The molecule has 3 rings (SSSR count). The summed E-state index contributed by atoms with van der Waals surface area (Å²) in [6.07, 6.45) is 0.935. The predicted molar refractivity (Wildman–Crippen MR) is 93.2 cm³/mol. The molecule has 0 spiro atoms. The first kappa shape index (κ1) is 17.9. The van der Waals surface area contributed by atoms with E-state index in [9.17, 15) is 9.59 Å².